The molecule has 25 valence electrons. The van der Waals surface area contributed by atoms with Gasteiger partial charge in [-0.2, -0.15) is 0 Å². The Bertz CT molecular complexity index is 28.8. The zero-order chi connectivity index (χ0) is 4.12. The van der Waals surface area contributed by atoms with Crippen LogP contribution in [-0.4, -0.2) is 20.2 Å². The standard InChI is InChI=1S/C2H3OSi2/c1-2-5-3-4/h2H,1H2. The first-order valence-electron chi connectivity index (χ1n) is 1.11. The third-order valence-corrected chi connectivity index (χ3v) is 0.780. The molecule has 0 aromatic carbocycles. The molecule has 0 rings (SSSR count). The molecule has 0 amide bonds. The van der Waals surface area contributed by atoms with Crippen molar-refractivity contribution in [3.63, 3.8) is 0 Å². The highest BCUT2D eigenvalue weighted by molar-refractivity contribution is 6.39. The molecule has 0 N–H and O–H groups in total. The highest BCUT2D eigenvalue weighted by Crippen LogP contribution is 1.53. The van der Waals surface area contributed by atoms with E-state index in [2.05, 4.69) is 21.2 Å². The van der Waals surface area contributed by atoms with Crippen LogP contribution < -0.4 is 0 Å². The van der Waals surface area contributed by atoms with E-state index < -0.39 is 0 Å². The normalized spacial score (nSPS) is 7.40. The quantitative estimate of drug-likeness (QED) is 0.437. The molecule has 1 nitrogen and oxygen atoms in total. The molecule has 0 aliphatic carbocycles. The Balaban J connectivity index is 2.40. The molecule has 0 fully saturated rings. The van der Waals surface area contributed by atoms with Crippen LogP contribution in [0, 0.1) is 0 Å². The summed E-state index contributed by atoms with van der Waals surface area (Å²) in [6.07, 6.45) is 0. The van der Waals surface area contributed by atoms with Crippen molar-refractivity contribution >= 4 is 20.2 Å². The maximum Gasteiger partial charge on any atom is 0.247 e. The number of hydrogen-bond acceptors (Lipinski definition) is 1. The monoisotopic (exact) mass is 99.0 g/mol. The van der Waals surface area contributed by atoms with Gasteiger partial charge < -0.3 is 4.12 Å². The van der Waals surface area contributed by atoms with E-state index in [0.717, 1.165) is 0 Å². The van der Waals surface area contributed by atoms with Crippen molar-refractivity contribution in [3.8, 4) is 0 Å². The van der Waals surface area contributed by atoms with Gasteiger partial charge in [0.15, 0.2) is 0 Å². The summed E-state index contributed by atoms with van der Waals surface area (Å²) in [5, 5.41) is 0. The first-order chi connectivity index (χ1) is 2.41. The Labute approximate surface area is 37.5 Å². The summed E-state index contributed by atoms with van der Waals surface area (Å²) < 4.78 is 4.41. The summed E-state index contributed by atoms with van der Waals surface area (Å²) in [4.78, 5) is 0. The van der Waals surface area contributed by atoms with Crippen molar-refractivity contribution in [1.29, 1.82) is 0 Å². The van der Waals surface area contributed by atoms with Crippen LogP contribution in [0.15, 0.2) is 12.3 Å². The lowest BCUT2D eigenvalue weighted by molar-refractivity contribution is 0.676. The van der Waals surface area contributed by atoms with Crippen LogP contribution in [0.25, 0.3) is 0 Å². The zero-order valence-electron chi connectivity index (χ0n) is 2.69. The predicted octanol–water partition coefficient (Wildman–Crippen LogP) is -0.151. The zero-order valence-corrected chi connectivity index (χ0v) is 4.69. The molecule has 0 saturated heterocycles. The second-order valence-electron chi connectivity index (χ2n) is 0.424. The highest BCUT2D eigenvalue weighted by Gasteiger charge is 1.65. The molecule has 0 saturated carbocycles. The summed E-state index contributed by atoms with van der Waals surface area (Å²) in [6.45, 7) is 3.41. The molecule has 3 heteroatoms. The van der Waals surface area contributed by atoms with Gasteiger partial charge in [0.05, 0.1) is 0 Å². The molecule has 5 heavy (non-hydrogen) atoms. The Morgan fingerprint density at radius 1 is 2.00 bits per heavy atom. The van der Waals surface area contributed by atoms with Gasteiger partial charge in [-0.1, -0.05) is 5.70 Å². The lowest BCUT2D eigenvalue weighted by Gasteiger charge is -1.75. The van der Waals surface area contributed by atoms with Gasteiger partial charge in [0.2, 0.25) is 20.2 Å². The molecule has 0 spiro atoms. The van der Waals surface area contributed by atoms with Crippen molar-refractivity contribution in [3.05, 3.63) is 12.3 Å². The molecule has 0 unspecified atom stereocenters. The average Bonchev–Trinajstić information content (AvgIpc) is 1.41. The van der Waals surface area contributed by atoms with Crippen LogP contribution >= 0.6 is 0 Å². The molecule has 0 aliphatic rings. The highest BCUT2D eigenvalue weighted by atomic mass is 28.3. The van der Waals surface area contributed by atoms with Gasteiger partial charge in [-0.15, -0.1) is 6.58 Å². The van der Waals surface area contributed by atoms with Crippen molar-refractivity contribution in [2.75, 3.05) is 0 Å². The summed E-state index contributed by atoms with van der Waals surface area (Å²) in [5.74, 6) is 0. The molecule has 0 heterocycles. The fourth-order valence-corrected chi connectivity index (χ4v) is 0.375. The third kappa shape index (κ3) is 4.13. The van der Waals surface area contributed by atoms with Crippen LogP contribution in [0.5, 0.6) is 0 Å². The van der Waals surface area contributed by atoms with Gasteiger partial charge in [-0.3, -0.25) is 0 Å². The molecule has 5 radical (unpaired) electrons. The molecule has 0 atom stereocenters. The van der Waals surface area contributed by atoms with Gasteiger partial charge in [0.1, 0.15) is 0 Å². The largest absolute Gasteiger partial charge is 0.454 e. The third-order valence-electron chi connectivity index (χ3n) is 0.142. The fraction of sp³-hybridized carbons (Fsp3) is 0. The van der Waals surface area contributed by atoms with E-state index in [1.165, 1.54) is 0 Å². The summed E-state index contributed by atoms with van der Waals surface area (Å²) in [6, 6.07) is 0. The topological polar surface area (TPSA) is 9.23 Å². The SMILES string of the molecule is C=C[Si]O[Si]. The Morgan fingerprint density at radius 2 is 2.60 bits per heavy atom. The molecule has 0 aromatic heterocycles. The minimum absolute atomic E-state index is 0.375. The minimum Gasteiger partial charge on any atom is -0.454 e. The van der Waals surface area contributed by atoms with Crippen LogP contribution in [-0.2, 0) is 4.12 Å². The van der Waals surface area contributed by atoms with E-state index in [9.17, 15) is 0 Å². The second-order valence-corrected chi connectivity index (χ2v) is 1.88. The maximum absolute atomic E-state index is 4.41. The lowest BCUT2D eigenvalue weighted by Crippen LogP contribution is -1.85. The molecular weight excluding hydrogens is 96.2 g/mol. The van der Waals surface area contributed by atoms with E-state index in [-0.39, 0.29) is 0 Å². The Kier molecular flexibility index (Phi) is 4.24. The van der Waals surface area contributed by atoms with E-state index in [4.69, 9.17) is 0 Å². The summed E-state index contributed by atoms with van der Waals surface area (Å²) in [5.41, 5.74) is 1.69. The number of hydrogen-bond donors (Lipinski definition) is 0. The van der Waals surface area contributed by atoms with Gasteiger partial charge in [0, 0.05) is 0 Å². The van der Waals surface area contributed by atoms with Crippen molar-refractivity contribution in [2.45, 2.75) is 0 Å². The molecule has 0 aliphatic heterocycles. The smallest absolute Gasteiger partial charge is 0.247 e. The van der Waals surface area contributed by atoms with Gasteiger partial charge in [-0.25, -0.2) is 0 Å². The van der Waals surface area contributed by atoms with Crippen LogP contribution in [0.3, 0.4) is 0 Å². The summed E-state index contributed by atoms with van der Waals surface area (Å²) in [7, 11) is 3.17. The van der Waals surface area contributed by atoms with Gasteiger partial charge in [0.25, 0.3) is 0 Å². The van der Waals surface area contributed by atoms with E-state index in [1.54, 1.807) is 5.70 Å². The molecule has 0 aromatic rings. The Morgan fingerprint density at radius 3 is 2.60 bits per heavy atom. The maximum atomic E-state index is 4.41. The van der Waals surface area contributed by atoms with Gasteiger partial charge >= 0.3 is 0 Å². The number of rotatable bonds is 2. The first kappa shape index (κ1) is 5.13. The fourth-order valence-electron chi connectivity index (χ4n) is 0.0417. The lowest BCUT2D eigenvalue weighted by atomic mass is 11.3. The second kappa shape index (κ2) is 4.13. The van der Waals surface area contributed by atoms with Crippen molar-refractivity contribution in [2.24, 2.45) is 0 Å². The first-order valence-corrected chi connectivity index (χ1v) is 2.50. The average molecular weight is 99.2 g/mol. The van der Waals surface area contributed by atoms with E-state index in [1.807, 2.05) is 0 Å². The van der Waals surface area contributed by atoms with E-state index >= 15 is 0 Å². The van der Waals surface area contributed by atoms with Crippen LogP contribution in [0.1, 0.15) is 0 Å². The van der Waals surface area contributed by atoms with Crippen molar-refractivity contribution < 1.29 is 4.12 Å². The minimum atomic E-state index is 0.375. The predicted molar refractivity (Wildman–Crippen MR) is 22.8 cm³/mol. The Hall–Kier alpha value is 0.134. The van der Waals surface area contributed by atoms with Crippen molar-refractivity contribution in [1.82, 2.24) is 0 Å². The molecule has 0 bridgehead atoms. The van der Waals surface area contributed by atoms with Crippen LogP contribution in [0.4, 0.5) is 0 Å². The summed E-state index contributed by atoms with van der Waals surface area (Å²) >= 11 is 0. The van der Waals surface area contributed by atoms with E-state index in [0.29, 0.717) is 9.76 Å². The van der Waals surface area contributed by atoms with Crippen LogP contribution in [0.2, 0.25) is 0 Å². The van der Waals surface area contributed by atoms with Gasteiger partial charge in [-0.05, 0) is 0 Å². The molecular formula is C2H3OSi2.